The molecule has 1 atom stereocenters. The van der Waals surface area contributed by atoms with Gasteiger partial charge in [0.25, 0.3) is 5.91 Å². The molecule has 1 fully saturated rings. The number of nitriles is 1. The number of ether oxygens (including phenoxy) is 1. The van der Waals surface area contributed by atoms with E-state index in [1.54, 1.807) is 35.1 Å². The molecule has 2 N–H and O–H groups in total. The summed E-state index contributed by atoms with van der Waals surface area (Å²) >= 11 is 0. The van der Waals surface area contributed by atoms with Crippen LogP contribution in [0.2, 0.25) is 0 Å². The molecule has 1 aliphatic heterocycles. The third-order valence-corrected chi connectivity index (χ3v) is 6.46. The van der Waals surface area contributed by atoms with Crippen molar-refractivity contribution in [3.05, 3.63) is 65.2 Å². The Morgan fingerprint density at radius 2 is 2.08 bits per heavy atom. The number of anilines is 1. The average Bonchev–Trinajstić information content (AvgIpc) is 3.55. The van der Waals surface area contributed by atoms with Crippen molar-refractivity contribution in [1.29, 1.82) is 5.26 Å². The Bertz CT molecular complexity index is 1420. The van der Waals surface area contributed by atoms with Crippen molar-refractivity contribution in [2.75, 3.05) is 25.0 Å². The SMILES string of the molecule is Cn1cc(-c2nc(NCCc3cccc(F)c3)c(C(=O)NC[C@H]3CCCN3C(=O)OC(C)(C)C)cc2C#N)cn1. The largest absolute Gasteiger partial charge is 0.444 e. The Morgan fingerprint density at radius 1 is 1.27 bits per heavy atom. The van der Waals surface area contributed by atoms with E-state index in [0.29, 0.717) is 36.6 Å². The zero-order chi connectivity index (χ0) is 28.9. The van der Waals surface area contributed by atoms with Gasteiger partial charge in [-0.05, 0) is 63.8 Å². The van der Waals surface area contributed by atoms with E-state index in [2.05, 4.69) is 26.8 Å². The van der Waals surface area contributed by atoms with Crippen molar-refractivity contribution in [3.8, 4) is 17.3 Å². The Morgan fingerprint density at radius 3 is 2.75 bits per heavy atom. The quantitative estimate of drug-likeness (QED) is 0.431. The minimum absolute atomic E-state index is 0.199. The first-order valence-electron chi connectivity index (χ1n) is 13.2. The van der Waals surface area contributed by atoms with Gasteiger partial charge in [0.2, 0.25) is 0 Å². The molecule has 0 bridgehead atoms. The molecule has 0 radical (unpaired) electrons. The van der Waals surface area contributed by atoms with E-state index in [-0.39, 0.29) is 29.5 Å². The number of nitrogens with zero attached hydrogens (tertiary/aromatic N) is 5. The summed E-state index contributed by atoms with van der Waals surface area (Å²) < 4.78 is 20.8. The first-order chi connectivity index (χ1) is 19.0. The highest BCUT2D eigenvalue weighted by Gasteiger charge is 2.32. The normalized spacial score (nSPS) is 15.0. The highest BCUT2D eigenvalue weighted by molar-refractivity contribution is 6.00. The summed E-state index contributed by atoms with van der Waals surface area (Å²) in [4.78, 5) is 32.4. The molecule has 3 heterocycles. The summed E-state index contributed by atoms with van der Waals surface area (Å²) in [6.07, 6.45) is 4.98. The van der Waals surface area contributed by atoms with E-state index >= 15 is 0 Å². The smallest absolute Gasteiger partial charge is 0.410 e. The second kappa shape index (κ2) is 12.2. The fraction of sp³-hybridized carbons (Fsp3) is 0.414. The standard InChI is InChI=1S/C29H34FN7O3/c1-29(2,3)40-28(39)37-12-6-9-23(37)17-33-27(38)24-14-20(15-31)25(21-16-34-36(4)18-21)35-26(24)32-11-10-19-7-5-8-22(30)13-19/h5,7-8,13-14,16,18,23H,6,9-12,17H2,1-4H3,(H,32,35)(H,33,38)/t23-/m1/s1. The van der Waals surface area contributed by atoms with Crippen LogP contribution in [0.3, 0.4) is 0 Å². The van der Waals surface area contributed by atoms with Gasteiger partial charge in [-0.15, -0.1) is 0 Å². The van der Waals surface area contributed by atoms with Crippen LogP contribution in [-0.2, 0) is 18.2 Å². The highest BCUT2D eigenvalue weighted by atomic mass is 19.1. The molecular formula is C29H34FN7O3. The van der Waals surface area contributed by atoms with Crippen LogP contribution in [0.15, 0.2) is 42.7 Å². The Balaban J connectivity index is 1.55. The number of carbonyl (C=O) groups is 2. The molecule has 10 nitrogen and oxygen atoms in total. The van der Waals surface area contributed by atoms with Crippen LogP contribution >= 0.6 is 0 Å². The van der Waals surface area contributed by atoms with E-state index in [4.69, 9.17) is 4.74 Å². The topological polar surface area (TPSA) is 125 Å². The molecule has 2 aromatic heterocycles. The number of amides is 2. The molecule has 3 aromatic rings. The number of likely N-dealkylation sites (tertiary alicyclic amines) is 1. The summed E-state index contributed by atoms with van der Waals surface area (Å²) in [6.45, 7) is 6.61. The van der Waals surface area contributed by atoms with Gasteiger partial charge in [-0.1, -0.05) is 12.1 Å². The van der Waals surface area contributed by atoms with E-state index in [0.717, 1.165) is 18.4 Å². The fourth-order valence-electron chi connectivity index (χ4n) is 4.60. The van der Waals surface area contributed by atoms with Crippen LogP contribution in [0, 0.1) is 17.1 Å². The first kappa shape index (κ1) is 28.5. The zero-order valence-corrected chi connectivity index (χ0v) is 23.2. The summed E-state index contributed by atoms with van der Waals surface area (Å²) in [7, 11) is 1.76. The van der Waals surface area contributed by atoms with Gasteiger partial charge in [-0.3, -0.25) is 9.48 Å². The third kappa shape index (κ3) is 7.14. The average molecular weight is 548 g/mol. The molecule has 1 saturated heterocycles. The second-order valence-corrected chi connectivity index (χ2v) is 10.8. The number of aryl methyl sites for hydroxylation is 1. The van der Waals surface area contributed by atoms with Gasteiger partial charge in [0, 0.05) is 38.4 Å². The lowest BCUT2D eigenvalue weighted by atomic mass is 10.1. The third-order valence-electron chi connectivity index (χ3n) is 6.46. The van der Waals surface area contributed by atoms with Crippen molar-refractivity contribution < 1.29 is 18.7 Å². The zero-order valence-electron chi connectivity index (χ0n) is 23.2. The predicted octanol–water partition coefficient (Wildman–Crippen LogP) is 4.28. The van der Waals surface area contributed by atoms with Crippen LogP contribution in [-0.4, -0.2) is 62.9 Å². The lowest BCUT2D eigenvalue weighted by molar-refractivity contribution is 0.0225. The molecule has 210 valence electrons. The van der Waals surface area contributed by atoms with Gasteiger partial charge in [0.1, 0.15) is 23.3 Å². The fourth-order valence-corrected chi connectivity index (χ4v) is 4.60. The van der Waals surface area contributed by atoms with Gasteiger partial charge in [-0.2, -0.15) is 10.4 Å². The number of rotatable bonds is 8. The number of aromatic nitrogens is 3. The second-order valence-electron chi connectivity index (χ2n) is 10.8. The molecule has 0 unspecified atom stereocenters. The lowest BCUT2D eigenvalue weighted by Crippen LogP contribution is -2.45. The Kier molecular flexibility index (Phi) is 8.67. The molecule has 40 heavy (non-hydrogen) atoms. The van der Waals surface area contributed by atoms with Crippen LogP contribution < -0.4 is 10.6 Å². The maximum atomic E-state index is 13.6. The molecule has 11 heteroatoms. The number of nitrogens with one attached hydrogen (secondary N) is 2. The highest BCUT2D eigenvalue weighted by Crippen LogP contribution is 2.27. The van der Waals surface area contributed by atoms with E-state index in [1.807, 2.05) is 26.8 Å². The number of carbonyl (C=O) groups excluding carboxylic acids is 2. The number of halogens is 1. The van der Waals surface area contributed by atoms with Crippen molar-refractivity contribution in [1.82, 2.24) is 25.0 Å². The Hall–Kier alpha value is -4.46. The Labute approximate surface area is 233 Å². The molecule has 1 aromatic carbocycles. The monoisotopic (exact) mass is 547 g/mol. The summed E-state index contributed by atoms with van der Waals surface area (Å²) in [5, 5.41) is 20.1. The number of hydrogen-bond donors (Lipinski definition) is 2. The van der Waals surface area contributed by atoms with E-state index in [9.17, 15) is 19.2 Å². The lowest BCUT2D eigenvalue weighted by Gasteiger charge is -2.28. The van der Waals surface area contributed by atoms with Crippen LogP contribution in [0.25, 0.3) is 11.3 Å². The van der Waals surface area contributed by atoms with Crippen molar-refractivity contribution >= 4 is 17.8 Å². The predicted molar refractivity (Wildman–Crippen MR) is 148 cm³/mol. The van der Waals surface area contributed by atoms with Gasteiger partial charge < -0.3 is 20.3 Å². The molecule has 0 saturated carbocycles. The minimum atomic E-state index is -0.616. The molecule has 4 rings (SSSR count). The summed E-state index contributed by atoms with van der Waals surface area (Å²) in [5.41, 5.74) is 1.64. The first-order valence-corrected chi connectivity index (χ1v) is 13.2. The van der Waals surface area contributed by atoms with Gasteiger partial charge in [0.15, 0.2) is 0 Å². The van der Waals surface area contributed by atoms with Crippen LogP contribution in [0.4, 0.5) is 15.0 Å². The summed E-state index contributed by atoms with van der Waals surface area (Å²) in [5.74, 6) is -0.450. The number of benzene rings is 1. The van der Waals surface area contributed by atoms with Gasteiger partial charge in [-0.25, -0.2) is 14.2 Å². The van der Waals surface area contributed by atoms with E-state index in [1.165, 1.54) is 18.2 Å². The van der Waals surface area contributed by atoms with Crippen LogP contribution in [0.5, 0.6) is 0 Å². The number of pyridine rings is 1. The molecular weight excluding hydrogens is 513 g/mol. The molecule has 0 aliphatic carbocycles. The number of hydrogen-bond acceptors (Lipinski definition) is 7. The van der Waals surface area contributed by atoms with Crippen molar-refractivity contribution in [2.24, 2.45) is 7.05 Å². The maximum absolute atomic E-state index is 13.6. The molecule has 1 aliphatic rings. The van der Waals surface area contributed by atoms with Crippen molar-refractivity contribution in [2.45, 2.75) is 51.7 Å². The minimum Gasteiger partial charge on any atom is -0.444 e. The van der Waals surface area contributed by atoms with Crippen LogP contribution in [0.1, 0.15) is 55.1 Å². The van der Waals surface area contributed by atoms with E-state index < -0.39 is 17.6 Å². The van der Waals surface area contributed by atoms with Crippen molar-refractivity contribution in [3.63, 3.8) is 0 Å². The van der Waals surface area contributed by atoms with Gasteiger partial charge >= 0.3 is 6.09 Å². The van der Waals surface area contributed by atoms with Gasteiger partial charge in [0.05, 0.1) is 29.1 Å². The molecule has 0 spiro atoms. The molecule has 2 amide bonds. The maximum Gasteiger partial charge on any atom is 0.410 e. The summed E-state index contributed by atoms with van der Waals surface area (Å²) in [6, 6.07) is 9.75.